The highest BCUT2D eigenvalue weighted by molar-refractivity contribution is 7.80. The molecule has 0 saturated heterocycles. The van der Waals surface area contributed by atoms with E-state index in [0.717, 1.165) is 12.8 Å². The lowest BCUT2D eigenvalue weighted by atomic mass is 9.42. The standard InChI is InChI=1S/C28H50O9S/c1-16(2)27(32,15-37-38(34,35)36)11-6-17(3)21-13-22(30)24-19-12-23(31)28(33)14-18(29)7-10-26(28,5)20(19)8-9-25(21,24)4/h16-24,29-33H,6-15H2,1-5H3,(H,34,35,36)/t17-,18+,19-,20+,21-,22+,23-,24+,25-,26-,27+,28+/m1/s1. The van der Waals surface area contributed by atoms with Gasteiger partial charge in [-0.15, -0.1) is 0 Å². The van der Waals surface area contributed by atoms with Gasteiger partial charge in [0.1, 0.15) is 0 Å². The van der Waals surface area contributed by atoms with Gasteiger partial charge in [-0.2, -0.15) is 8.42 Å². The molecule has 0 aromatic rings. The van der Waals surface area contributed by atoms with Crippen LogP contribution in [0.15, 0.2) is 0 Å². The Labute approximate surface area is 227 Å². The average Bonchev–Trinajstić information content (AvgIpc) is 3.08. The molecule has 10 heteroatoms. The molecule has 4 fully saturated rings. The highest BCUT2D eigenvalue weighted by Gasteiger charge is 2.68. The normalized spacial score (nSPS) is 47.6. The first-order valence-electron chi connectivity index (χ1n) is 14.5. The van der Waals surface area contributed by atoms with Crippen molar-refractivity contribution in [1.29, 1.82) is 0 Å². The number of fused-ring (bicyclic) bond motifs is 5. The van der Waals surface area contributed by atoms with E-state index >= 15 is 0 Å². The molecule has 4 saturated carbocycles. The van der Waals surface area contributed by atoms with Crippen molar-refractivity contribution in [1.82, 2.24) is 0 Å². The zero-order valence-corrected chi connectivity index (χ0v) is 24.4. The third-order valence-corrected chi connectivity index (χ3v) is 12.6. The molecule has 0 aromatic carbocycles. The second kappa shape index (κ2) is 10.2. The number of aliphatic hydroxyl groups is 5. The predicted octanol–water partition coefficient (Wildman–Crippen LogP) is 2.69. The first kappa shape index (κ1) is 30.6. The van der Waals surface area contributed by atoms with E-state index in [1.165, 1.54) is 0 Å². The maximum absolute atomic E-state index is 11.7. The fourth-order valence-corrected chi connectivity index (χ4v) is 9.99. The zero-order chi connectivity index (χ0) is 28.5. The Kier molecular flexibility index (Phi) is 8.21. The van der Waals surface area contributed by atoms with Crippen molar-refractivity contribution in [2.75, 3.05) is 6.61 Å². The summed E-state index contributed by atoms with van der Waals surface area (Å²) in [5.74, 6) is 0.255. The van der Waals surface area contributed by atoms with Gasteiger partial charge in [0, 0.05) is 11.8 Å². The molecule has 0 radical (unpaired) electrons. The van der Waals surface area contributed by atoms with E-state index in [1.807, 2.05) is 0 Å². The van der Waals surface area contributed by atoms with Crippen LogP contribution in [0.2, 0.25) is 0 Å². The van der Waals surface area contributed by atoms with Gasteiger partial charge in [0.05, 0.1) is 36.1 Å². The summed E-state index contributed by atoms with van der Waals surface area (Å²) in [6.07, 6.45) is 3.12. The van der Waals surface area contributed by atoms with Crippen LogP contribution in [0.1, 0.15) is 92.4 Å². The van der Waals surface area contributed by atoms with Crippen molar-refractivity contribution in [3.8, 4) is 0 Å². The van der Waals surface area contributed by atoms with Crippen LogP contribution in [0.25, 0.3) is 0 Å². The van der Waals surface area contributed by atoms with Crippen LogP contribution in [-0.2, 0) is 14.6 Å². The Bertz CT molecular complexity index is 973. The number of rotatable bonds is 8. The van der Waals surface area contributed by atoms with Crippen molar-refractivity contribution in [2.45, 2.75) is 122 Å². The summed E-state index contributed by atoms with van der Waals surface area (Å²) in [6.45, 7) is 9.51. The Balaban J connectivity index is 1.52. The van der Waals surface area contributed by atoms with E-state index in [0.29, 0.717) is 38.5 Å². The van der Waals surface area contributed by atoms with E-state index in [1.54, 1.807) is 13.8 Å². The number of aliphatic hydroxyl groups excluding tert-OH is 3. The quantitative estimate of drug-likeness (QED) is 0.244. The topological polar surface area (TPSA) is 165 Å². The maximum atomic E-state index is 11.7. The highest BCUT2D eigenvalue weighted by atomic mass is 32.3. The van der Waals surface area contributed by atoms with Crippen molar-refractivity contribution in [3.63, 3.8) is 0 Å². The van der Waals surface area contributed by atoms with Crippen molar-refractivity contribution in [3.05, 3.63) is 0 Å². The fourth-order valence-electron chi connectivity index (χ4n) is 9.64. The molecule has 222 valence electrons. The lowest BCUT2D eigenvalue weighted by Gasteiger charge is -2.65. The van der Waals surface area contributed by atoms with Gasteiger partial charge in [0.25, 0.3) is 0 Å². The van der Waals surface area contributed by atoms with Gasteiger partial charge in [-0.25, -0.2) is 4.18 Å². The molecule has 4 aliphatic rings. The van der Waals surface area contributed by atoms with E-state index in [4.69, 9.17) is 4.55 Å². The molecule has 4 aliphatic carbocycles. The Morgan fingerprint density at radius 3 is 2.32 bits per heavy atom. The van der Waals surface area contributed by atoms with Gasteiger partial charge in [-0.1, -0.05) is 34.6 Å². The fraction of sp³-hybridized carbons (Fsp3) is 1.00. The van der Waals surface area contributed by atoms with Gasteiger partial charge >= 0.3 is 10.4 Å². The second-order valence-electron chi connectivity index (χ2n) is 14.2. The molecule has 12 atom stereocenters. The maximum Gasteiger partial charge on any atom is 0.397 e. The molecular formula is C28H50O9S. The van der Waals surface area contributed by atoms with Crippen molar-refractivity contribution >= 4 is 10.4 Å². The summed E-state index contributed by atoms with van der Waals surface area (Å²) < 4.78 is 35.8. The van der Waals surface area contributed by atoms with Crippen molar-refractivity contribution < 1.29 is 42.7 Å². The smallest absolute Gasteiger partial charge is 0.393 e. The molecule has 0 heterocycles. The predicted molar refractivity (Wildman–Crippen MR) is 141 cm³/mol. The minimum absolute atomic E-state index is 0.0107. The molecule has 38 heavy (non-hydrogen) atoms. The number of hydrogen-bond donors (Lipinski definition) is 6. The minimum atomic E-state index is -4.66. The molecule has 0 bridgehead atoms. The summed E-state index contributed by atoms with van der Waals surface area (Å²) >= 11 is 0. The summed E-state index contributed by atoms with van der Waals surface area (Å²) in [5.41, 5.74) is -3.42. The monoisotopic (exact) mass is 562 g/mol. The molecule has 0 amide bonds. The summed E-state index contributed by atoms with van der Waals surface area (Å²) in [6, 6.07) is 0. The van der Waals surface area contributed by atoms with Gasteiger partial charge < -0.3 is 25.5 Å². The lowest BCUT2D eigenvalue weighted by molar-refractivity contribution is -0.268. The van der Waals surface area contributed by atoms with Crippen molar-refractivity contribution in [2.24, 2.45) is 46.3 Å². The lowest BCUT2D eigenvalue weighted by Crippen LogP contribution is -2.69. The molecule has 6 N–H and O–H groups in total. The SMILES string of the molecule is CC(C)[C@](O)(CC[C@@H](C)[C@H]1C[C@H](O)[C@@H]2[C@@H]3C[C@@H](O)[C@@]4(O)C[C@@H](O)CC[C@]4(C)[C@H]3CC[C@@]21C)COS(=O)(=O)O. The molecular weight excluding hydrogens is 512 g/mol. The van der Waals surface area contributed by atoms with Crippen LogP contribution >= 0.6 is 0 Å². The number of hydrogen-bond acceptors (Lipinski definition) is 8. The molecule has 0 spiro atoms. The van der Waals surface area contributed by atoms with Crippen LogP contribution in [0.3, 0.4) is 0 Å². The molecule has 9 nitrogen and oxygen atoms in total. The van der Waals surface area contributed by atoms with Crippen LogP contribution < -0.4 is 0 Å². The van der Waals surface area contributed by atoms with Crippen LogP contribution in [0.4, 0.5) is 0 Å². The Hall–Kier alpha value is -0.330. The Morgan fingerprint density at radius 1 is 1.05 bits per heavy atom. The molecule has 0 aromatic heterocycles. The van der Waals surface area contributed by atoms with E-state index in [9.17, 15) is 34.0 Å². The van der Waals surface area contributed by atoms with Gasteiger partial charge in [0.2, 0.25) is 0 Å². The first-order valence-corrected chi connectivity index (χ1v) is 15.9. The largest absolute Gasteiger partial charge is 0.397 e. The second-order valence-corrected chi connectivity index (χ2v) is 15.3. The van der Waals surface area contributed by atoms with Gasteiger partial charge in [-0.3, -0.25) is 4.55 Å². The van der Waals surface area contributed by atoms with Gasteiger partial charge in [0.15, 0.2) is 0 Å². The van der Waals surface area contributed by atoms with Crippen LogP contribution in [-0.4, -0.2) is 74.6 Å². The summed E-state index contributed by atoms with van der Waals surface area (Å²) in [4.78, 5) is 0. The summed E-state index contributed by atoms with van der Waals surface area (Å²) in [5, 5.41) is 55.8. The third kappa shape index (κ3) is 4.99. The van der Waals surface area contributed by atoms with E-state index < -0.39 is 51.9 Å². The van der Waals surface area contributed by atoms with Crippen LogP contribution in [0, 0.1) is 46.3 Å². The van der Waals surface area contributed by atoms with Crippen LogP contribution in [0.5, 0.6) is 0 Å². The zero-order valence-electron chi connectivity index (χ0n) is 23.6. The summed E-state index contributed by atoms with van der Waals surface area (Å²) in [7, 11) is -4.66. The molecule has 0 aliphatic heterocycles. The van der Waals surface area contributed by atoms with E-state index in [2.05, 4.69) is 25.0 Å². The first-order chi connectivity index (χ1) is 17.4. The van der Waals surface area contributed by atoms with Gasteiger partial charge in [-0.05, 0) is 92.3 Å². The highest BCUT2D eigenvalue weighted by Crippen LogP contribution is 2.69. The molecule has 4 rings (SSSR count). The third-order valence-electron chi connectivity index (χ3n) is 12.1. The Morgan fingerprint density at radius 2 is 1.71 bits per heavy atom. The molecule has 0 unspecified atom stereocenters. The average molecular weight is 563 g/mol. The minimum Gasteiger partial charge on any atom is -0.393 e. The van der Waals surface area contributed by atoms with E-state index in [-0.39, 0.29) is 47.3 Å².